The molecule has 1 amide bonds. The number of rotatable bonds is 5. The van der Waals surface area contributed by atoms with Crippen molar-refractivity contribution in [1.29, 1.82) is 0 Å². The van der Waals surface area contributed by atoms with Crippen LogP contribution in [-0.4, -0.2) is 43.1 Å². The summed E-state index contributed by atoms with van der Waals surface area (Å²) in [6.45, 7) is 3.57. The lowest BCUT2D eigenvalue weighted by atomic mass is 10.2. The van der Waals surface area contributed by atoms with Crippen LogP contribution in [0.25, 0.3) is 5.69 Å². The van der Waals surface area contributed by atoms with Crippen LogP contribution in [0.3, 0.4) is 0 Å². The van der Waals surface area contributed by atoms with Gasteiger partial charge in [-0.2, -0.15) is 5.10 Å². The second-order valence-corrected chi connectivity index (χ2v) is 6.61. The first-order valence-corrected chi connectivity index (χ1v) is 8.84. The Balaban J connectivity index is 1.44. The first kappa shape index (κ1) is 16.5. The maximum absolute atomic E-state index is 12.8. The quantitative estimate of drug-likeness (QED) is 0.741. The summed E-state index contributed by atoms with van der Waals surface area (Å²) in [6, 6.07) is 9.48. The Kier molecular flexibility index (Phi) is 4.53. The summed E-state index contributed by atoms with van der Waals surface area (Å²) in [5.41, 5.74) is 2.75. The third-order valence-corrected chi connectivity index (χ3v) is 4.68. The van der Waals surface area contributed by atoms with E-state index in [1.54, 1.807) is 10.9 Å². The zero-order chi connectivity index (χ0) is 17.9. The van der Waals surface area contributed by atoms with Gasteiger partial charge in [0.15, 0.2) is 0 Å². The van der Waals surface area contributed by atoms with Crippen molar-refractivity contribution < 1.29 is 4.79 Å². The van der Waals surface area contributed by atoms with Crippen molar-refractivity contribution in [3.63, 3.8) is 0 Å². The number of amides is 1. The van der Waals surface area contributed by atoms with Crippen LogP contribution in [0.4, 0.5) is 5.69 Å². The molecule has 0 aliphatic carbocycles. The van der Waals surface area contributed by atoms with Crippen LogP contribution in [0.15, 0.2) is 48.9 Å². The lowest BCUT2D eigenvalue weighted by Gasteiger charge is -2.23. The Hall–Kier alpha value is -2.93. The molecule has 1 atom stereocenters. The number of imidazole rings is 1. The summed E-state index contributed by atoms with van der Waals surface area (Å²) in [5, 5.41) is 7.29. The molecule has 0 spiro atoms. The fraction of sp³-hybridized carbons (Fsp3) is 0.316. The molecule has 4 rings (SSSR count). The minimum Gasteiger partial charge on any atom is -0.345 e. The molecule has 1 aromatic carbocycles. The molecule has 1 aliphatic heterocycles. The minimum absolute atomic E-state index is 0.0383. The maximum atomic E-state index is 12.8. The van der Waals surface area contributed by atoms with E-state index in [9.17, 15) is 4.79 Å². The van der Waals surface area contributed by atoms with Crippen LogP contribution >= 0.6 is 0 Å². The third kappa shape index (κ3) is 3.52. The molecule has 7 nitrogen and oxygen atoms in total. The van der Waals surface area contributed by atoms with Crippen LogP contribution < -0.4 is 5.32 Å². The molecule has 0 radical (unpaired) electrons. The third-order valence-electron chi connectivity index (χ3n) is 4.68. The molecule has 1 saturated heterocycles. The lowest BCUT2D eigenvalue weighted by Crippen LogP contribution is -2.39. The highest BCUT2D eigenvalue weighted by Crippen LogP contribution is 2.22. The van der Waals surface area contributed by atoms with E-state index in [0.717, 1.165) is 42.3 Å². The van der Waals surface area contributed by atoms with E-state index >= 15 is 0 Å². The molecule has 3 aromatic rings. The fourth-order valence-corrected chi connectivity index (χ4v) is 3.46. The highest BCUT2D eigenvalue weighted by Gasteiger charge is 2.31. The molecule has 0 saturated carbocycles. The van der Waals surface area contributed by atoms with Gasteiger partial charge in [-0.05, 0) is 50.6 Å². The van der Waals surface area contributed by atoms with E-state index in [-0.39, 0.29) is 11.9 Å². The minimum atomic E-state index is -0.119. The molecule has 2 aromatic heterocycles. The lowest BCUT2D eigenvalue weighted by molar-refractivity contribution is -0.120. The van der Waals surface area contributed by atoms with Crippen molar-refractivity contribution >= 4 is 11.6 Å². The van der Waals surface area contributed by atoms with Gasteiger partial charge in [0.2, 0.25) is 5.91 Å². The number of likely N-dealkylation sites (tertiary alicyclic amines) is 1. The van der Waals surface area contributed by atoms with Crippen LogP contribution in [0, 0.1) is 6.92 Å². The number of carbonyl (C=O) groups excluding carboxylic acids is 1. The Morgan fingerprint density at radius 1 is 1.38 bits per heavy atom. The number of hydrogen-bond acceptors (Lipinski definition) is 4. The van der Waals surface area contributed by atoms with Crippen LogP contribution in [0.1, 0.15) is 24.4 Å². The van der Waals surface area contributed by atoms with Gasteiger partial charge in [-0.3, -0.25) is 9.69 Å². The number of H-pyrrole nitrogens is 1. The van der Waals surface area contributed by atoms with Gasteiger partial charge in [0.05, 0.1) is 11.7 Å². The van der Waals surface area contributed by atoms with Crippen molar-refractivity contribution in [2.75, 3.05) is 11.9 Å². The van der Waals surface area contributed by atoms with Crippen LogP contribution in [0.2, 0.25) is 0 Å². The summed E-state index contributed by atoms with van der Waals surface area (Å²) in [5.74, 6) is 0.937. The second-order valence-electron chi connectivity index (χ2n) is 6.61. The van der Waals surface area contributed by atoms with Crippen LogP contribution in [0.5, 0.6) is 0 Å². The normalized spacial score (nSPS) is 17.5. The molecule has 1 aliphatic rings. The molecular weight excluding hydrogens is 328 g/mol. The number of nitrogens with zero attached hydrogens (tertiary/aromatic N) is 4. The second kappa shape index (κ2) is 7.13. The summed E-state index contributed by atoms with van der Waals surface area (Å²) >= 11 is 0. The van der Waals surface area contributed by atoms with E-state index in [1.807, 2.05) is 49.6 Å². The average Bonchev–Trinajstić information content (AvgIpc) is 3.37. The molecule has 26 heavy (non-hydrogen) atoms. The summed E-state index contributed by atoms with van der Waals surface area (Å²) in [7, 11) is 0. The van der Waals surface area contributed by atoms with Gasteiger partial charge in [0, 0.05) is 36.5 Å². The number of carbonyl (C=O) groups is 1. The largest absolute Gasteiger partial charge is 0.345 e. The van der Waals surface area contributed by atoms with E-state index in [0.29, 0.717) is 6.54 Å². The van der Waals surface area contributed by atoms with Gasteiger partial charge in [0.1, 0.15) is 5.82 Å². The molecule has 0 bridgehead atoms. The fourth-order valence-electron chi connectivity index (χ4n) is 3.46. The zero-order valence-electron chi connectivity index (χ0n) is 14.7. The number of hydrogen-bond donors (Lipinski definition) is 2. The maximum Gasteiger partial charge on any atom is 0.241 e. The van der Waals surface area contributed by atoms with Gasteiger partial charge in [0.25, 0.3) is 0 Å². The van der Waals surface area contributed by atoms with Gasteiger partial charge < -0.3 is 10.3 Å². The van der Waals surface area contributed by atoms with E-state index < -0.39 is 0 Å². The van der Waals surface area contributed by atoms with E-state index in [1.165, 1.54) is 0 Å². The predicted molar refractivity (Wildman–Crippen MR) is 99.0 cm³/mol. The molecule has 7 heteroatoms. The number of aromatic nitrogens is 4. The van der Waals surface area contributed by atoms with Crippen molar-refractivity contribution in [3.05, 3.63) is 60.4 Å². The van der Waals surface area contributed by atoms with E-state index in [2.05, 4.69) is 25.3 Å². The van der Waals surface area contributed by atoms with Crippen molar-refractivity contribution in [1.82, 2.24) is 24.6 Å². The number of benzene rings is 1. The molecule has 1 fully saturated rings. The molecule has 2 N–H and O–H groups in total. The van der Waals surface area contributed by atoms with Gasteiger partial charge >= 0.3 is 0 Å². The summed E-state index contributed by atoms with van der Waals surface area (Å²) in [6.07, 6.45) is 7.36. The van der Waals surface area contributed by atoms with E-state index in [4.69, 9.17) is 0 Å². The molecule has 3 heterocycles. The number of nitrogens with one attached hydrogen (secondary N) is 2. The van der Waals surface area contributed by atoms with Crippen molar-refractivity contribution in [2.24, 2.45) is 0 Å². The zero-order valence-corrected chi connectivity index (χ0v) is 14.7. The van der Waals surface area contributed by atoms with Gasteiger partial charge in [-0.1, -0.05) is 6.07 Å². The standard InChI is InChI=1S/C19H22N6O/c1-14-20-12-16(22-14)13-24-9-3-7-18(24)19(26)23-15-5-2-6-17(11-15)25-10-4-8-21-25/h2,4-6,8,10-12,18H,3,7,9,13H2,1H3,(H,20,22)(H,23,26). The van der Waals surface area contributed by atoms with Gasteiger partial charge in [-0.25, -0.2) is 9.67 Å². The van der Waals surface area contributed by atoms with Crippen LogP contribution in [-0.2, 0) is 11.3 Å². The number of aromatic amines is 1. The Bertz CT molecular complexity index is 885. The number of anilines is 1. The topological polar surface area (TPSA) is 78.8 Å². The predicted octanol–water partition coefficient (Wildman–Crippen LogP) is 2.51. The Morgan fingerprint density at radius 2 is 2.31 bits per heavy atom. The highest BCUT2D eigenvalue weighted by molar-refractivity contribution is 5.95. The molecule has 134 valence electrons. The monoisotopic (exact) mass is 350 g/mol. The molecule has 1 unspecified atom stereocenters. The Labute approximate surface area is 152 Å². The summed E-state index contributed by atoms with van der Waals surface area (Å²) < 4.78 is 1.78. The first-order chi connectivity index (χ1) is 12.7. The first-order valence-electron chi connectivity index (χ1n) is 8.84. The number of aryl methyl sites for hydroxylation is 1. The SMILES string of the molecule is Cc1ncc(CN2CCCC2C(=O)Nc2cccc(-n3cccn3)c2)[nH]1. The van der Waals surface area contributed by atoms with Gasteiger partial charge in [-0.15, -0.1) is 0 Å². The Morgan fingerprint density at radius 3 is 3.08 bits per heavy atom. The average molecular weight is 350 g/mol. The smallest absolute Gasteiger partial charge is 0.241 e. The highest BCUT2D eigenvalue weighted by atomic mass is 16.2. The summed E-state index contributed by atoms with van der Waals surface area (Å²) in [4.78, 5) is 22.5. The molecular formula is C19H22N6O. The van der Waals surface area contributed by atoms with Crippen molar-refractivity contribution in [3.8, 4) is 5.69 Å². The van der Waals surface area contributed by atoms with Crippen molar-refractivity contribution in [2.45, 2.75) is 32.4 Å².